The molecule has 0 atom stereocenters. The molecule has 3 nitrogen and oxygen atoms in total. The van der Waals surface area contributed by atoms with Crippen molar-refractivity contribution >= 4 is 10.9 Å². The summed E-state index contributed by atoms with van der Waals surface area (Å²) in [6.07, 6.45) is 0. The topological polar surface area (TPSA) is 35.0 Å². The molecule has 0 saturated carbocycles. The number of rotatable bonds is 2. The Bertz CT molecular complexity index is 480. The van der Waals surface area contributed by atoms with Crippen molar-refractivity contribution in [2.75, 3.05) is 7.11 Å². The maximum absolute atomic E-state index is 5.27. The fourth-order valence-electron chi connectivity index (χ4n) is 1.48. The van der Waals surface area contributed by atoms with Crippen LogP contribution in [-0.4, -0.2) is 17.1 Å². The van der Waals surface area contributed by atoms with Gasteiger partial charge in [-0.1, -0.05) is 26.0 Å². The van der Waals surface area contributed by atoms with Crippen LogP contribution in [0, 0.1) is 0 Å². The van der Waals surface area contributed by atoms with Gasteiger partial charge in [0.05, 0.1) is 18.0 Å². The fourth-order valence-corrected chi connectivity index (χ4v) is 1.48. The maximum atomic E-state index is 5.27. The number of benzene rings is 1. The average Bonchev–Trinajstić information content (AvgIpc) is 2.27. The molecule has 3 heteroatoms. The van der Waals surface area contributed by atoms with Gasteiger partial charge in [0.2, 0.25) is 5.88 Å². The van der Waals surface area contributed by atoms with Crippen molar-refractivity contribution in [1.29, 1.82) is 0 Å². The summed E-state index contributed by atoms with van der Waals surface area (Å²) in [6.45, 7) is 4.15. The number of fused-ring (bicyclic) bond motifs is 1. The molecule has 0 aliphatic carbocycles. The Hall–Kier alpha value is -1.64. The molecule has 0 radical (unpaired) electrons. The van der Waals surface area contributed by atoms with Gasteiger partial charge < -0.3 is 4.74 Å². The molecule has 2 rings (SSSR count). The van der Waals surface area contributed by atoms with Crippen molar-refractivity contribution in [2.24, 2.45) is 0 Å². The molecule has 1 aromatic carbocycles. The van der Waals surface area contributed by atoms with Crippen molar-refractivity contribution in [2.45, 2.75) is 19.8 Å². The van der Waals surface area contributed by atoms with Crippen molar-refractivity contribution < 1.29 is 4.74 Å². The van der Waals surface area contributed by atoms with Crippen LogP contribution in [0.3, 0.4) is 0 Å². The van der Waals surface area contributed by atoms with Crippen LogP contribution in [0.4, 0.5) is 0 Å². The molecule has 2 aromatic rings. The van der Waals surface area contributed by atoms with E-state index in [0.717, 1.165) is 16.7 Å². The van der Waals surface area contributed by atoms with E-state index >= 15 is 0 Å². The number of ether oxygens (including phenoxy) is 1. The van der Waals surface area contributed by atoms with E-state index < -0.39 is 0 Å². The van der Waals surface area contributed by atoms with Gasteiger partial charge in [-0.15, -0.1) is 0 Å². The van der Waals surface area contributed by atoms with Gasteiger partial charge in [-0.25, -0.2) is 4.98 Å². The largest absolute Gasteiger partial charge is 0.480 e. The Labute approximate surface area is 89.1 Å². The lowest BCUT2D eigenvalue weighted by Crippen LogP contribution is -2.00. The zero-order valence-electron chi connectivity index (χ0n) is 9.19. The van der Waals surface area contributed by atoms with Crippen LogP contribution in [0.25, 0.3) is 10.9 Å². The summed E-state index contributed by atoms with van der Waals surface area (Å²) >= 11 is 0. The molecule has 0 fully saturated rings. The van der Waals surface area contributed by atoms with Crippen LogP contribution in [0.1, 0.15) is 25.6 Å². The van der Waals surface area contributed by atoms with Crippen LogP contribution in [-0.2, 0) is 0 Å². The SMILES string of the molecule is COc1nc(C(C)C)nc2ccccc12. The number of nitrogens with zero attached hydrogens (tertiary/aromatic N) is 2. The van der Waals surface area contributed by atoms with Gasteiger partial charge in [0.15, 0.2) is 0 Å². The number of para-hydroxylation sites is 1. The predicted molar refractivity (Wildman–Crippen MR) is 60.2 cm³/mol. The van der Waals surface area contributed by atoms with Gasteiger partial charge in [-0.05, 0) is 12.1 Å². The lowest BCUT2D eigenvalue weighted by molar-refractivity contribution is 0.400. The van der Waals surface area contributed by atoms with E-state index in [0.29, 0.717) is 11.8 Å². The lowest BCUT2D eigenvalue weighted by atomic mass is 10.2. The highest BCUT2D eigenvalue weighted by molar-refractivity contribution is 5.83. The molecule has 0 saturated heterocycles. The first-order chi connectivity index (χ1) is 7.22. The minimum absolute atomic E-state index is 0.309. The second kappa shape index (κ2) is 3.85. The molecular formula is C12H14N2O. The quantitative estimate of drug-likeness (QED) is 0.751. The fraction of sp³-hybridized carbons (Fsp3) is 0.333. The van der Waals surface area contributed by atoms with Crippen molar-refractivity contribution in [3.63, 3.8) is 0 Å². The Balaban J connectivity index is 2.71. The van der Waals surface area contributed by atoms with E-state index in [9.17, 15) is 0 Å². The highest BCUT2D eigenvalue weighted by atomic mass is 16.5. The van der Waals surface area contributed by atoms with Crippen LogP contribution in [0.2, 0.25) is 0 Å². The minimum atomic E-state index is 0.309. The average molecular weight is 202 g/mol. The lowest BCUT2D eigenvalue weighted by Gasteiger charge is -2.08. The zero-order chi connectivity index (χ0) is 10.8. The summed E-state index contributed by atoms with van der Waals surface area (Å²) in [4.78, 5) is 8.88. The molecule has 0 N–H and O–H groups in total. The van der Waals surface area contributed by atoms with E-state index in [1.807, 2.05) is 24.3 Å². The molecule has 0 aliphatic rings. The van der Waals surface area contributed by atoms with Crippen LogP contribution in [0.15, 0.2) is 24.3 Å². The van der Waals surface area contributed by atoms with E-state index in [1.165, 1.54) is 0 Å². The first-order valence-electron chi connectivity index (χ1n) is 5.03. The number of hydrogen-bond acceptors (Lipinski definition) is 3. The molecule has 0 amide bonds. The summed E-state index contributed by atoms with van der Waals surface area (Å²) in [7, 11) is 1.64. The molecule has 0 spiro atoms. The van der Waals surface area contributed by atoms with Crippen LogP contribution in [0.5, 0.6) is 5.88 Å². The summed E-state index contributed by atoms with van der Waals surface area (Å²) in [5, 5.41) is 0.962. The third-order valence-electron chi connectivity index (χ3n) is 2.30. The maximum Gasteiger partial charge on any atom is 0.224 e. The van der Waals surface area contributed by atoms with Crippen molar-refractivity contribution in [3.8, 4) is 5.88 Å². The summed E-state index contributed by atoms with van der Waals surface area (Å²) in [5.41, 5.74) is 0.938. The monoisotopic (exact) mass is 202 g/mol. The third kappa shape index (κ3) is 1.77. The highest BCUT2D eigenvalue weighted by Crippen LogP contribution is 2.23. The molecule has 78 valence electrons. The Morgan fingerprint density at radius 1 is 1.13 bits per heavy atom. The van der Waals surface area contributed by atoms with Gasteiger partial charge in [-0.3, -0.25) is 0 Å². The third-order valence-corrected chi connectivity index (χ3v) is 2.30. The van der Waals surface area contributed by atoms with Gasteiger partial charge in [-0.2, -0.15) is 4.98 Å². The number of aromatic nitrogens is 2. The first-order valence-corrected chi connectivity index (χ1v) is 5.03. The molecule has 15 heavy (non-hydrogen) atoms. The summed E-state index contributed by atoms with van der Waals surface area (Å²) in [5.74, 6) is 1.79. The van der Waals surface area contributed by atoms with Gasteiger partial charge in [0, 0.05) is 5.92 Å². The van der Waals surface area contributed by atoms with Crippen LogP contribution < -0.4 is 4.74 Å². The molecule has 1 heterocycles. The predicted octanol–water partition coefficient (Wildman–Crippen LogP) is 2.76. The second-order valence-electron chi connectivity index (χ2n) is 3.76. The van der Waals surface area contributed by atoms with Crippen molar-refractivity contribution in [3.05, 3.63) is 30.1 Å². The Kier molecular flexibility index (Phi) is 2.54. The van der Waals surface area contributed by atoms with E-state index in [-0.39, 0.29) is 0 Å². The van der Waals surface area contributed by atoms with Gasteiger partial charge in [0.1, 0.15) is 5.82 Å². The second-order valence-corrected chi connectivity index (χ2v) is 3.76. The molecule has 0 unspecified atom stereocenters. The normalized spacial score (nSPS) is 10.9. The Morgan fingerprint density at radius 2 is 1.87 bits per heavy atom. The number of methoxy groups -OCH3 is 1. The molecule has 0 aliphatic heterocycles. The number of hydrogen-bond donors (Lipinski definition) is 0. The highest BCUT2D eigenvalue weighted by Gasteiger charge is 2.09. The molecule has 1 aromatic heterocycles. The zero-order valence-corrected chi connectivity index (χ0v) is 9.19. The Morgan fingerprint density at radius 3 is 2.53 bits per heavy atom. The standard InChI is InChI=1S/C12H14N2O/c1-8(2)11-13-10-7-5-4-6-9(10)12(14-11)15-3/h4-8H,1-3H3. The van der Waals surface area contributed by atoms with E-state index in [1.54, 1.807) is 7.11 Å². The minimum Gasteiger partial charge on any atom is -0.480 e. The summed E-state index contributed by atoms with van der Waals surface area (Å²) in [6, 6.07) is 7.88. The summed E-state index contributed by atoms with van der Waals surface area (Å²) < 4.78 is 5.27. The molecular weight excluding hydrogens is 188 g/mol. The van der Waals surface area contributed by atoms with Gasteiger partial charge in [0.25, 0.3) is 0 Å². The first kappa shape index (κ1) is 9.90. The van der Waals surface area contributed by atoms with Crippen molar-refractivity contribution in [1.82, 2.24) is 9.97 Å². The molecule has 0 bridgehead atoms. The van der Waals surface area contributed by atoms with Gasteiger partial charge >= 0.3 is 0 Å². The van der Waals surface area contributed by atoms with E-state index in [4.69, 9.17) is 4.74 Å². The van der Waals surface area contributed by atoms with E-state index in [2.05, 4.69) is 23.8 Å². The smallest absolute Gasteiger partial charge is 0.224 e. The van der Waals surface area contributed by atoms with Crippen LogP contribution >= 0.6 is 0 Å².